The number of hydrogen-bond acceptors (Lipinski definition) is 3. The maximum Gasteiger partial charge on any atom is 0.0432 e. The van der Waals surface area contributed by atoms with Gasteiger partial charge in [0.15, 0.2) is 0 Å². The van der Waals surface area contributed by atoms with Crippen LogP contribution in [0, 0.1) is 13.8 Å². The molecule has 1 aliphatic carbocycles. The van der Waals surface area contributed by atoms with E-state index in [-0.39, 0.29) is 0 Å². The summed E-state index contributed by atoms with van der Waals surface area (Å²) in [5, 5.41) is 0. The van der Waals surface area contributed by atoms with Gasteiger partial charge in [0.2, 0.25) is 0 Å². The van der Waals surface area contributed by atoms with Gasteiger partial charge in [0.05, 0.1) is 0 Å². The average Bonchev–Trinajstić information content (AvgIpc) is 3.08. The first-order valence-corrected chi connectivity index (χ1v) is 6.12. The summed E-state index contributed by atoms with van der Waals surface area (Å²) in [7, 11) is 0. The average molecular weight is 219 g/mol. The smallest absolute Gasteiger partial charge is 0.0432 e. The first-order valence-electron chi connectivity index (χ1n) is 6.12. The van der Waals surface area contributed by atoms with E-state index in [1.54, 1.807) is 0 Å². The van der Waals surface area contributed by atoms with Gasteiger partial charge in [0.1, 0.15) is 0 Å². The lowest BCUT2D eigenvalue weighted by atomic mass is 10.2. The highest BCUT2D eigenvalue weighted by atomic mass is 15.2. The zero-order chi connectivity index (χ0) is 11.5. The maximum atomic E-state index is 5.60. The molecule has 3 nitrogen and oxygen atoms in total. The van der Waals surface area contributed by atoms with Crippen LogP contribution in [0.2, 0.25) is 0 Å². The lowest BCUT2D eigenvalue weighted by Gasteiger charge is -2.26. The Kier molecular flexibility index (Phi) is 3.44. The van der Waals surface area contributed by atoms with Gasteiger partial charge in [-0.05, 0) is 51.3 Å². The first kappa shape index (κ1) is 11.4. The number of rotatable bonds is 5. The van der Waals surface area contributed by atoms with Crippen molar-refractivity contribution in [3.05, 3.63) is 23.5 Å². The van der Waals surface area contributed by atoms with Crippen molar-refractivity contribution in [1.29, 1.82) is 0 Å². The third-order valence-electron chi connectivity index (χ3n) is 3.11. The molecule has 0 unspecified atom stereocenters. The zero-order valence-corrected chi connectivity index (χ0v) is 10.2. The molecule has 2 rings (SSSR count). The van der Waals surface area contributed by atoms with Gasteiger partial charge in [-0.3, -0.25) is 4.98 Å². The van der Waals surface area contributed by atoms with Gasteiger partial charge in [-0.25, -0.2) is 0 Å². The van der Waals surface area contributed by atoms with Crippen molar-refractivity contribution in [3.8, 4) is 0 Å². The van der Waals surface area contributed by atoms with Crippen molar-refractivity contribution >= 4 is 5.69 Å². The lowest BCUT2D eigenvalue weighted by molar-refractivity contribution is 0.729. The monoisotopic (exact) mass is 219 g/mol. The molecule has 0 amide bonds. The normalized spacial score (nSPS) is 15.2. The van der Waals surface area contributed by atoms with E-state index in [0.29, 0.717) is 0 Å². The molecule has 1 aliphatic rings. The van der Waals surface area contributed by atoms with Crippen LogP contribution in [0.3, 0.4) is 0 Å². The van der Waals surface area contributed by atoms with Gasteiger partial charge in [0.25, 0.3) is 0 Å². The molecule has 1 aromatic rings. The molecule has 0 saturated heterocycles. The van der Waals surface area contributed by atoms with Gasteiger partial charge in [-0.1, -0.05) is 0 Å². The minimum atomic E-state index is 0.743. The molecule has 88 valence electrons. The summed E-state index contributed by atoms with van der Waals surface area (Å²) in [6, 6.07) is 2.94. The van der Waals surface area contributed by atoms with E-state index in [0.717, 1.165) is 31.2 Å². The van der Waals surface area contributed by atoms with Gasteiger partial charge in [-0.15, -0.1) is 0 Å². The molecule has 0 radical (unpaired) electrons. The predicted octanol–water partition coefficient (Wildman–Crippen LogP) is 2.02. The molecule has 16 heavy (non-hydrogen) atoms. The van der Waals surface area contributed by atoms with Gasteiger partial charge < -0.3 is 10.6 Å². The third-order valence-corrected chi connectivity index (χ3v) is 3.11. The number of hydrogen-bond donors (Lipinski definition) is 1. The van der Waals surface area contributed by atoms with Crippen LogP contribution in [0.5, 0.6) is 0 Å². The van der Waals surface area contributed by atoms with Crippen molar-refractivity contribution < 1.29 is 0 Å². The SMILES string of the molecule is Cc1cc(N(CCCN)C2CC2)c(C)cn1. The van der Waals surface area contributed by atoms with Gasteiger partial charge >= 0.3 is 0 Å². The van der Waals surface area contributed by atoms with E-state index in [9.17, 15) is 0 Å². The summed E-state index contributed by atoms with van der Waals surface area (Å²) in [5.41, 5.74) is 9.32. The Bertz CT molecular complexity index is 358. The summed E-state index contributed by atoms with van der Waals surface area (Å²) in [4.78, 5) is 6.84. The van der Waals surface area contributed by atoms with Crippen LogP contribution < -0.4 is 10.6 Å². The molecule has 0 aromatic carbocycles. The number of nitrogens with zero attached hydrogens (tertiary/aromatic N) is 2. The second-order valence-electron chi connectivity index (χ2n) is 4.68. The Balaban J connectivity index is 2.19. The highest BCUT2D eigenvalue weighted by Crippen LogP contribution is 2.33. The van der Waals surface area contributed by atoms with Crippen LogP contribution in [0.4, 0.5) is 5.69 Å². The quantitative estimate of drug-likeness (QED) is 0.823. The largest absolute Gasteiger partial charge is 0.368 e. The highest BCUT2D eigenvalue weighted by molar-refractivity contribution is 5.54. The summed E-state index contributed by atoms with van der Waals surface area (Å²) in [6.07, 6.45) is 5.69. The Morgan fingerprint density at radius 2 is 2.19 bits per heavy atom. The number of pyridine rings is 1. The molecule has 0 aliphatic heterocycles. The summed E-state index contributed by atoms with van der Waals surface area (Å²) in [5.74, 6) is 0. The van der Waals surface area contributed by atoms with Crippen LogP contribution in [0.15, 0.2) is 12.3 Å². The van der Waals surface area contributed by atoms with E-state index in [1.807, 2.05) is 6.20 Å². The van der Waals surface area contributed by atoms with Gasteiger partial charge in [-0.2, -0.15) is 0 Å². The Morgan fingerprint density at radius 1 is 1.44 bits per heavy atom. The molecular weight excluding hydrogens is 198 g/mol. The second kappa shape index (κ2) is 4.83. The van der Waals surface area contributed by atoms with E-state index in [2.05, 4.69) is 29.8 Å². The molecule has 1 heterocycles. The number of nitrogens with two attached hydrogens (primary N) is 1. The molecule has 1 fully saturated rings. The van der Waals surface area contributed by atoms with Gasteiger partial charge in [0, 0.05) is 30.2 Å². The Labute approximate surface area is 97.7 Å². The van der Waals surface area contributed by atoms with Crippen molar-refractivity contribution in [1.82, 2.24) is 4.98 Å². The molecular formula is C13H21N3. The fourth-order valence-electron chi connectivity index (χ4n) is 2.07. The molecule has 1 aromatic heterocycles. The highest BCUT2D eigenvalue weighted by Gasteiger charge is 2.29. The van der Waals surface area contributed by atoms with Crippen LogP contribution in [0.25, 0.3) is 0 Å². The minimum absolute atomic E-state index is 0.743. The summed E-state index contributed by atoms with van der Waals surface area (Å²) < 4.78 is 0. The van der Waals surface area contributed by atoms with Crippen molar-refractivity contribution in [2.75, 3.05) is 18.0 Å². The third kappa shape index (κ3) is 2.53. The van der Waals surface area contributed by atoms with Crippen molar-refractivity contribution in [2.24, 2.45) is 5.73 Å². The number of aromatic nitrogens is 1. The summed E-state index contributed by atoms with van der Waals surface area (Å²) in [6.45, 7) is 6.04. The van der Waals surface area contributed by atoms with E-state index >= 15 is 0 Å². The van der Waals surface area contributed by atoms with E-state index in [4.69, 9.17) is 5.73 Å². The van der Waals surface area contributed by atoms with Crippen LogP contribution >= 0.6 is 0 Å². The molecule has 3 heteroatoms. The molecule has 0 spiro atoms. The second-order valence-corrected chi connectivity index (χ2v) is 4.68. The number of aryl methyl sites for hydroxylation is 2. The van der Waals surface area contributed by atoms with Crippen LogP contribution in [0.1, 0.15) is 30.5 Å². The van der Waals surface area contributed by atoms with Crippen LogP contribution in [-0.4, -0.2) is 24.1 Å². The maximum absolute atomic E-state index is 5.60. The molecule has 1 saturated carbocycles. The molecule has 2 N–H and O–H groups in total. The number of anilines is 1. The lowest BCUT2D eigenvalue weighted by Crippen LogP contribution is -2.29. The Hall–Kier alpha value is -1.09. The van der Waals surface area contributed by atoms with Crippen molar-refractivity contribution in [2.45, 2.75) is 39.2 Å². The van der Waals surface area contributed by atoms with E-state index < -0.39 is 0 Å². The fourth-order valence-corrected chi connectivity index (χ4v) is 2.07. The van der Waals surface area contributed by atoms with Crippen molar-refractivity contribution in [3.63, 3.8) is 0 Å². The van der Waals surface area contributed by atoms with E-state index in [1.165, 1.54) is 24.1 Å². The molecule has 0 bridgehead atoms. The zero-order valence-electron chi connectivity index (χ0n) is 10.2. The molecule has 0 atom stereocenters. The fraction of sp³-hybridized carbons (Fsp3) is 0.615. The topological polar surface area (TPSA) is 42.1 Å². The summed E-state index contributed by atoms with van der Waals surface area (Å²) >= 11 is 0. The predicted molar refractivity (Wildman–Crippen MR) is 67.8 cm³/mol. The minimum Gasteiger partial charge on any atom is -0.368 e. The van der Waals surface area contributed by atoms with Crippen LogP contribution in [-0.2, 0) is 0 Å². The first-order chi connectivity index (χ1) is 7.72. The Morgan fingerprint density at radius 3 is 2.81 bits per heavy atom. The standard InChI is InChI=1S/C13H21N3/c1-10-9-15-11(2)8-13(10)16(7-3-6-14)12-4-5-12/h8-9,12H,3-7,14H2,1-2H3.